The summed E-state index contributed by atoms with van der Waals surface area (Å²) in [4.78, 5) is 0. The van der Waals surface area contributed by atoms with E-state index < -0.39 is 0 Å². The number of nitrogens with one attached hydrogen (secondary N) is 1. The second kappa shape index (κ2) is 4.21. The van der Waals surface area contributed by atoms with Crippen LogP contribution in [0.15, 0.2) is 48.5 Å². The Balaban J connectivity index is 1.92. The van der Waals surface area contributed by atoms with Crippen LogP contribution in [0.2, 0.25) is 0 Å². The predicted molar refractivity (Wildman–Crippen MR) is 67.8 cm³/mol. The van der Waals surface area contributed by atoms with Gasteiger partial charge < -0.3 is 5.32 Å². The molecule has 0 spiro atoms. The third kappa shape index (κ3) is 1.91. The van der Waals surface area contributed by atoms with Crippen molar-refractivity contribution in [1.82, 2.24) is 0 Å². The molecular formula is C15H14FN. The second-order valence-corrected chi connectivity index (χ2v) is 4.46. The largest absolute Gasteiger partial charge is 0.384 e. The molecule has 1 aliphatic rings. The molecule has 1 aliphatic heterocycles. The van der Waals surface area contributed by atoms with E-state index in [0.717, 1.165) is 18.5 Å². The summed E-state index contributed by atoms with van der Waals surface area (Å²) in [6.07, 6.45) is 0.907. The van der Waals surface area contributed by atoms with E-state index in [1.54, 1.807) is 6.07 Å². The average Bonchev–Trinajstić information content (AvgIpc) is 2.39. The summed E-state index contributed by atoms with van der Waals surface area (Å²) in [7, 11) is 0. The van der Waals surface area contributed by atoms with Gasteiger partial charge in [-0.05, 0) is 29.7 Å². The summed E-state index contributed by atoms with van der Waals surface area (Å²) < 4.78 is 13.7. The van der Waals surface area contributed by atoms with Gasteiger partial charge in [0.15, 0.2) is 0 Å². The lowest BCUT2D eigenvalue weighted by Crippen LogP contribution is -2.22. The van der Waals surface area contributed by atoms with Gasteiger partial charge in [-0.15, -0.1) is 0 Å². The van der Waals surface area contributed by atoms with Crippen molar-refractivity contribution in [3.63, 3.8) is 0 Å². The Kier molecular flexibility index (Phi) is 2.56. The Morgan fingerprint density at radius 3 is 2.65 bits per heavy atom. The Bertz CT molecular complexity index is 536. The number of hydrogen-bond acceptors (Lipinski definition) is 1. The van der Waals surface area contributed by atoms with Crippen LogP contribution in [0.3, 0.4) is 0 Å². The van der Waals surface area contributed by atoms with E-state index >= 15 is 0 Å². The Labute approximate surface area is 100 Å². The molecule has 0 saturated heterocycles. The van der Waals surface area contributed by atoms with E-state index in [2.05, 4.69) is 17.4 Å². The zero-order valence-corrected chi connectivity index (χ0v) is 9.49. The van der Waals surface area contributed by atoms with Crippen LogP contribution in [0, 0.1) is 5.82 Å². The first kappa shape index (κ1) is 10.3. The lowest BCUT2D eigenvalue weighted by Gasteiger charge is -2.26. The topological polar surface area (TPSA) is 12.0 Å². The highest BCUT2D eigenvalue weighted by Gasteiger charge is 2.21. The van der Waals surface area contributed by atoms with Gasteiger partial charge in [-0.2, -0.15) is 0 Å². The molecule has 0 saturated carbocycles. The number of benzene rings is 2. The van der Waals surface area contributed by atoms with Crippen molar-refractivity contribution in [2.24, 2.45) is 0 Å². The summed E-state index contributed by atoms with van der Waals surface area (Å²) in [5, 5.41) is 3.37. The molecule has 86 valence electrons. The molecule has 2 aromatic carbocycles. The average molecular weight is 227 g/mol. The maximum Gasteiger partial charge on any atom is 0.126 e. The summed E-state index contributed by atoms with van der Waals surface area (Å²) in [6, 6.07) is 15.3. The van der Waals surface area contributed by atoms with Crippen LogP contribution in [0.5, 0.6) is 0 Å². The Morgan fingerprint density at radius 2 is 1.76 bits per heavy atom. The summed E-state index contributed by atoms with van der Waals surface area (Å²) in [6.45, 7) is 0.804. The minimum atomic E-state index is -0.0984. The normalized spacial score (nSPS) is 18.3. The van der Waals surface area contributed by atoms with Gasteiger partial charge in [0.25, 0.3) is 0 Å². The fourth-order valence-electron chi connectivity index (χ4n) is 2.47. The van der Waals surface area contributed by atoms with Gasteiger partial charge in [0.05, 0.1) is 0 Å². The molecule has 1 heterocycles. The zero-order valence-electron chi connectivity index (χ0n) is 9.49. The fraction of sp³-hybridized carbons (Fsp3) is 0.200. The lowest BCUT2D eigenvalue weighted by atomic mass is 9.88. The highest BCUT2D eigenvalue weighted by Crippen LogP contribution is 2.31. The van der Waals surface area contributed by atoms with Crippen molar-refractivity contribution in [3.8, 4) is 0 Å². The molecule has 17 heavy (non-hydrogen) atoms. The molecule has 1 atom stereocenters. The van der Waals surface area contributed by atoms with Gasteiger partial charge in [-0.25, -0.2) is 4.39 Å². The van der Waals surface area contributed by atoms with E-state index in [1.807, 2.05) is 24.3 Å². The van der Waals surface area contributed by atoms with Gasteiger partial charge in [0, 0.05) is 18.2 Å². The molecule has 1 N–H and O–H groups in total. The van der Waals surface area contributed by atoms with Gasteiger partial charge >= 0.3 is 0 Å². The van der Waals surface area contributed by atoms with E-state index in [-0.39, 0.29) is 11.7 Å². The third-order valence-electron chi connectivity index (χ3n) is 3.37. The van der Waals surface area contributed by atoms with Crippen LogP contribution in [0.1, 0.15) is 17.0 Å². The molecule has 2 heteroatoms. The van der Waals surface area contributed by atoms with E-state index in [1.165, 1.54) is 17.3 Å². The molecule has 3 rings (SSSR count). The molecule has 1 nitrogen and oxygen atoms in total. The van der Waals surface area contributed by atoms with Crippen LogP contribution < -0.4 is 5.32 Å². The van der Waals surface area contributed by atoms with Crippen molar-refractivity contribution in [2.45, 2.75) is 12.3 Å². The minimum absolute atomic E-state index is 0.0984. The highest BCUT2D eigenvalue weighted by atomic mass is 19.1. The summed E-state index contributed by atoms with van der Waals surface area (Å²) >= 11 is 0. The van der Waals surface area contributed by atoms with Gasteiger partial charge in [0.1, 0.15) is 5.82 Å². The first-order valence-corrected chi connectivity index (χ1v) is 5.91. The number of rotatable bonds is 1. The molecule has 2 aromatic rings. The van der Waals surface area contributed by atoms with Crippen molar-refractivity contribution in [2.75, 3.05) is 11.9 Å². The number of para-hydroxylation sites is 1. The van der Waals surface area contributed by atoms with Crippen LogP contribution in [-0.4, -0.2) is 6.54 Å². The number of anilines is 1. The molecule has 0 bridgehead atoms. The van der Waals surface area contributed by atoms with Gasteiger partial charge in [0.2, 0.25) is 0 Å². The monoisotopic (exact) mass is 227 g/mol. The first-order chi connectivity index (χ1) is 8.34. The molecular weight excluding hydrogens is 213 g/mol. The Hall–Kier alpha value is -1.83. The van der Waals surface area contributed by atoms with Gasteiger partial charge in [-0.3, -0.25) is 0 Å². The molecule has 0 fully saturated rings. The number of halogens is 1. The highest BCUT2D eigenvalue weighted by molar-refractivity contribution is 5.54. The van der Waals surface area contributed by atoms with E-state index in [4.69, 9.17) is 0 Å². The van der Waals surface area contributed by atoms with E-state index in [9.17, 15) is 4.39 Å². The predicted octanol–water partition coefficient (Wildman–Crippen LogP) is 3.58. The number of fused-ring (bicyclic) bond motifs is 1. The number of hydrogen-bond donors (Lipinski definition) is 1. The standard InChI is InChI=1S/C15H14FN/c16-14-7-3-2-6-13(14)12-9-11-5-1-4-8-15(11)17-10-12/h1-8,12,17H,9-10H2. The summed E-state index contributed by atoms with van der Waals surface area (Å²) in [5.41, 5.74) is 3.27. The maximum absolute atomic E-state index is 13.7. The molecule has 0 amide bonds. The Morgan fingerprint density at radius 1 is 1.00 bits per heavy atom. The van der Waals surface area contributed by atoms with Crippen LogP contribution >= 0.6 is 0 Å². The van der Waals surface area contributed by atoms with Crippen LogP contribution in [-0.2, 0) is 6.42 Å². The van der Waals surface area contributed by atoms with Crippen molar-refractivity contribution < 1.29 is 4.39 Å². The third-order valence-corrected chi connectivity index (χ3v) is 3.37. The quantitative estimate of drug-likeness (QED) is 0.785. The smallest absolute Gasteiger partial charge is 0.126 e. The van der Waals surface area contributed by atoms with Gasteiger partial charge in [-0.1, -0.05) is 36.4 Å². The second-order valence-electron chi connectivity index (χ2n) is 4.46. The molecule has 1 unspecified atom stereocenters. The molecule has 0 aromatic heterocycles. The van der Waals surface area contributed by atoms with Crippen molar-refractivity contribution >= 4 is 5.69 Å². The molecule has 0 aliphatic carbocycles. The van der Waals surface area contributed by atoms with Crippen LogP contribution in [0.4, 0.5) is 10.1 Å². The molecule has 0 radical (unpaired) electrons. The summed E-state index contributed by atoms with van der Waals surface area (Å²) in [5.74, 6) is 0.129. The SMILES string of the molecule is Fc1ccccc1C1CNc2ccccc2C1. The zero-order chi connectivity index (χ0) is 11.7. The van der Waals surface area contributed by atoms with Crippen molar-refractivity contribution in [1.29, 1.82) is 0 Å². The minimum Gasteiger partial charge on any atom is -0.384 e. The fourth-order valence-corrected chi connectivity index (χ4v) is 2.47. The maximum atomic E-state index is 13.7. The van der Waals surface area contributed by atoms with Crippen molar-refractivity contribution in [3.05, 3.63) is 65.5 Å². The van der Waals surface area contributed by atoms with E-state index in [0.29, 0.717) is 0 Å². The van der Waals surface area contributed by atoms with Crippen LogP contribution in [0.25, 0.3) is 0 Å². The lowest BCUT2D eigenvalue weighted by molar-refractivity contribution is 0.576. The first-order valence-electron chi connectivity index (χ1n) is 5.91.